The van der Waals surface area contributed by atoms with E-state index in [1.807, 2.05) is 56.3 Å². The van der Waals surface area contributed by atoms with Crippen molar-refractivity contribution in [2.24, 2.45) is 0 Å². The van der Waals surface area contributed by atoms with Crippen LogP contribution in [0.2, 0.25) is 0 Å². The standard InChI is InChI=1S/C20H25NO4.ClH/c1-20(2,14-22)21-12-15-3-6-17(7-4-15)25-13-16-5-8-18-19(11-16)24-10-9-23-18;/h3-8,11,21-22H,9-10,12-14H2,1-2H3;1H. The zero-order chi connectivity index (χ0) is 17.7. The molecular formula is C20H26ClNO4. The van der Waals surface area contributed by atoms with Gasteiger partial charge in [0.15, 0.2) is 11.5 Å². The van der Waals surface area contributed by atoms with Crippen molar-refractivity contribution in [3.8, 4) is 17.2 Å². The van der Waals surface area contributed by atoms with Gasteiger partial charge >= 0.3 is 0 Å². The van der Waals surface area contributed by atoms with Gasteiger partial charge in [-0.25, -0.2) is 0 Å². The zero-order valence-electron chi connectivity index (χ0n) is 15.2. The Labute approximate surface area is 160 Å². The summed E-state index contributed by atoms with van der Waals surface area (Å²) < 4.78 is 17.0. The zero-order valence-corrected chi connectivity index (χ0v) is 16.0. The SMILES string of the molecule is CC(C)(CO)NCc1ccc(OCc2ccc3c(c2)OCCO3)cc1.Cl. The Bertz CT molecular complexity index is 703. The van der Waals surface area contributed by atoms with Crippen LogP contribution >= 0.6 is 12.4 Å². The van der Waals surface area contributed by atoms with Crippen molar-refractivity contribution in [1.82, 2.24) is 5.32 Å². The number of aliphatic hydroxyl groups excluding tert-OH is 1. The van der Waals surface area contributed by atoms with Gasteiger partial charge in [0.1, 0.15) is 25.6 Å². The number of nitrogens with one attached hydrogen (secondary N) is 1. The van der Waals surface area contributed by atoms with Crippen LogP contribution in [-0.2, 0) is 13.2 Å². The van der Waals surface area contributed by atoms with Crippen LogP contribution in [0, 0.1) is 0 Å². The average Bonchev–Trinajstić information content (AvgIpc) is 2.65. The lowest BCUT2D eigenvalue weighted by Crippen LogP contribution is -2.42. The number of hydrogen-bond donors (Lipinski definition) is 2. The second-order valence-corrected chi connectivity index (χ2v) is 6.81. The van der Waals surface area contributed by atoms with Crippen molar-refractivity contribution in [2.45, 2.75) is 32.5 Å². The van der Waals surface area contributed by atoms with Crippen molar-refractivity contribution in [3.05, 3.63) is 53.6 Å². The van der Waals surface area contributed by atoms with E-state index in [1.54, 1.807) is 0 Å². The van der Waals surface area contributed by atoms with Gasteiger partial charge in [-0.1, -0.05) is 18.2 Å². The summed E-state index contributed by atoms with van der Waals surface area (Å²) in [6, 6.07) is 13.8. The summed E-state index contributed by atoms with van der Waals surface area (Å²) in [5, 5.41) is 12.6. The molecule has 0 radical (unpaired) electrons. The first-order valence-electron chi connectivity index (χ1n) is 8.52. The number of fused-ring (bicyclic) bond motifs is 1. The highest BCUT2D eigenvalue weighted by molar-refractivity contribution is 5.85. The molecule has 0 saturated carbocycles. The van der Waals surface area contributed by atoms with Crippen molar-refractivity contribution >= 4 is 12.4 Å². The van der Waals surface area contributed by atoms with E-state index in [0.29, 0.717) is 26.4 Å². The van der Waals surface area contributed by atoms with Crippen molar-refractivity contribution in [1.29, 1.82) is 0 Å². The Balaban J connectivity index is 0.00000243. The van der Waals surface area contributed by atoms with Crippen LogP contribution in [0.25, 0.3) is 0 Å². The summed E-state index contributed by atoms with van der Waals surface area (Å²) >= 11 is 0. The normalized spacial score (nSPS) is 13.0. The predicted octanol–water partition coefficient (Wildman–Crippen LogP) is 3.32. The molecule has 1 aliphatic rings. The van der Waals surface area contributed by atoms with E-state index in [1.165, 1.54) is 0 Å². The third kappa shape index (κ3) is 5.53. The second-order valence-electron chi connectivity index (χ2n) is 6.81. The summed E-state index contributed by atoms with van der Waals surface area (Å²) in [5.41, 5.74) is 1.90. The van der Waals surface area contributed by atoms with Crippen molar-refractivity contribution in [2.75, 3.05) is 19.8 Å². The molecule has 0 unspecified atom stereocenters. The molecule has 5 nitrogen and oxygen atoms in total. The van der Waals surface area contributed by atoms with Gasteiger partial charge < -0.3 is 24.6 Å². The lowest BCUT2D eigenvalue weighted by molar-refractivity contribution is 0.171. The van der Waals surface area contributed by atoms with E-state index >= 15 is 0 Å². The molecule has 0 aliphatic carbocycles. The molecule has 142 valence electrons. The first-order chi connectivity index (χ1) is 12.1. The molecule has 0 atom stereocenters. The largest absolute Gasteiger partial charge is 0.489 e. The van der Waals surface area contributed by atoms with E-state index in [-0.39, 0.29) is 24.6 Å². The molecule has 0 amide bonds. The van der Waals surface area contributed by atoms with Gasteiger partial charge in [0, 0.05) is 12.1 Å². The molecule has 26 heavy (non-hydrogen) atoms. The third-order valence-corrected chi connectivity index (χ3v) is 4.10. The maximum absolute atomic E-state index is 9.27. The fourth-order valence-corrected chi connectivity index (χ4v) is 2.44. The molecule has 0 spiro atoms. The minimum Gasteiger partial charge on any atom is -0.489 e. The van der Waals surface area contributed by atoms with E-state index in [9.17, 15) is 5.11 Å². The smallest absolute Gasteiger partial charge is 0.161 e. The van der Waals surface area contributed by atoms with Gasteiger partial charge in [-0.15, -0.1) is 12.4 Å². The third-order valence-electron chi connectivity index (χ3n) is 4.10. The molecule has 0 fully saturated rings. The molecule has 0 aromatic heterocycles. The van der Waals surface area contributed by atoms with Crippen LogP contribution in [0.1, 0.15) is 25.0 Å². The first-order valence-corrected chi connectivity index (χ1v) is 8.52. The Morgan fingerprint density at radius 1 is 1.00 bits per heavy atom. The lowest BCUT2D eigenvalue weighted by Gasteiger charge is -2.23. The molecular weight excluding hydrogens is 354 g/mol. The monoisotopic (exact) mass is 379 g/mol. The maximum atomic E-state index is 9.27. The van der Waals surface area contributed by atoms with Crippen molar-refractivity contribution in [3.63, 3.8) is 0 Å². The van der Waals surface area contributed by atoms with E-state index in [2.05, 4.69) is 5.32 Å². The van der Waals surface area contributed by atoms with Crippen LogP contribution in [0.3, 0.4) is 0 Å². The van der Waals surface area contributed by atoms with E-state index in [0.717, 1.165) is 28.4 Å². The summed E-state index contributed by atoms with van der Waals surface area (Å²) in [6.45, 7) is 6.40. The van der Waals surface area contributed by atoms with Gasteiger partial charge in [0.05, 0.1) is 6.61 Å². The summed E-state index contributed by atoms with van der Waals surface area (Å²) in [7, 11) is 0. The minimum absolute atomic E-state index is 0. The Hall–Kier alpha value is -1.95. The van der Waals surface area contributed by atoms with Crippen LogP contribution in [0.15, 0.2) is 42.5 Å². The summed E-state index contributed by atoms with van der Waals surface area (Å²) in [4.78, 5) is 0. The van der Waals surface area contributed by atoms with Gasteiger partial charge in [-0.3, -0.25) is 0 Å². The minimum atomic E-state index is -0.284. The fourth-order valence-electron chi connectivity index (χ4n) is 2.44. The Kier molecular flexibility index (Phi) is 7.14. The molecule has 3 rings (SSSR count). The number of benzene rings is 2. The highest BCUT2D eigenvalue weighted by Gasteiger charge is 2.15. The maximum Gasteiger partial charge on any atom is 0.161 e. The van der Waals surface area contributed by atoms with Gasteiger partial charge in [0.25, 0.3) is 0 Å². The summed E-state index contributed by atoms with van der Waals surface area (Å²) in [5.74, 6) is 2.39. The number of halogens is 1. The topological polar surface area (TPSA) is 60.0 Å². The Morgan fingerprint density at radius 3 is 2.35 bits per heavy atom. The number of aliphatic hydroxyl groups is 1. The van der Waals surface area contributed by atoms with Crippen LogP contribution in [0.5, 0.6) is 17.2 Å². The number of hydrogen-bond acceptors (Lipinski definition) is 5. The van der Waals surface area contributed by atoms with Crippen molar-refractivity contribution < 1.29 is 19.3 Å². The predicted molar refractivity (Wildman–Crippen MR) is 103 cm³/mol. The molecule has 6 heteroatoms. The highest BCUT2D eigenvalue weighted by atomic mass is 35.5. The molecule has 1 aliphatic heterocycles. The van der Waals surface area contributed by atoms with Crippen LogP contribution < -0.4 is 19.5 Å². The molecule has 0 saturated heterocycles. The second kappa shape index (κ2) is 9.12. The van der Waals surface area contributed by atoms with Gasteiger partial charge in [0.2, 0.25) is 0 Å². The number of ether oxygens (including phenoxy) is 3. The van der Waals surface area contributed by atoms with Gasteiger partial charge in [-0.2, -0.15) is 0 Å². The quantitative estimate of drug-likeness (QED) is 0.772. The van der Waals surface area contributed by atoms with Crippen LogP contribution in [-0.4, -0.2) is 30.5 Å². The number of rotatable bonds is 7. The fraction of sp³-hybridized carbons (Fsp3) is 0.400. The summed E-state index contributed by atoms with van der Waals surface area (Å²) in [6.07, 6.45) is 0. The van der Waals surface area contributed by atoms with Gasteiger partial charge in [-0.05, 0) is 49.2 Å². The first kappa shape index (κ1) is 20.4. The Morgan fingerprint density at radius 2 is 1.65 bits per heavy atom. The molecule has 0 bridgehead atoms. The van der Waals surface area contributed by atoms with Crippen LogP contribution in [0.4, 0.5) is 0 Å². The molecule has 2 aromatic carbocycles. The molecule has 1 heterocycles. The highest BCUT2D eigenvalue weighted by Crippen LogP contribution is 2.31. The average molecular weight is 380 g/mol. The molecule has 2 N–H and O–H groups in total. The van der Waals surface area contributed by atoms with E-state index < -0.39 is 0 Å². The molecule has 2 aromatic rings. The van der Waals surface area contributed by atoms with E-state index in [4.69, 9.17) is 14.2 Å². The lowest BCUT2D eigenvalue weighted by atomic mass is 10.1.